The first-order valence-electron chi connectivity index (χ1n) is 9.07. The fraction of sp³-hybridized carbons (Fsp3) is 0.227. The van der Waals surface area contributed by atoms with E-state index in [1.807, 2.05) is 61.7 Å². The molecule has 0 saturated heterocycles. The van der Waals surface area contributed by atoms with Crippen molar-refractivity contribution in [3.63, 3.8) is 0 Å². The molecule has 1 heterocycles. The van der Waals surface area contributed by atoms with E-state index in [-0.39, 0.29) is 0 Å². The summed E-state index contributed by atoms with van der Waals surface area (Å²) in [6.07, 6.45) is 3.61. The third-order valence-electron chi connectivity index (χ3n) is 4.02. The van der Waals surface area contributed by atoms with Gasteiger partial charge in [-0.15, -0.1) is 0 Å². The maximum absolute atomic E-state index is 6.49. The molecular weight excluding hydrogens is 395 g/mol. The van der Waals surface area contributed by atoms with Crippen molar-refractivity contribution in [1.82, 2.24) is 10.3 Å². The zero-order valence-corrected chi connectivity index (χ0v) is 17.1. The van der Waals surface area contributed by atoms with Gasteiger partial charge in [-0.05, 0) is 53.9 Å². The maximum Gasteiger partial charge on any atom is 0.180 e. The number of hydrogen-bond donors (Lipinski definition) is 1. The van der Waals surface area contributed by atoms with Gasteiger partial charge in [0.15, 0.2) is 11.5 Å². The molecule has 0 amide bonds. The number of hydrogen-bond acceptors (Lipinski definition) is 4. The van der Waals surface area contributed by atoms with Crippen LogP contribution in [0.1, 0.15) is 23.6 Å². The average Bonchev–Trinajstić information content (AvgIpc) is 2.68. The van der Waals surface area contributed by atoms with E-state index in [1.165, 1.54) is 0 Å². The van der Waals surface area contributed by atoms with E-state index in [2.05, 4.69) is 10.3 Å². The summed E-state index contributed by atoms with van der Waals surface area (Å²) in [5.41, 5.74) is 3.11. The van der Waals surface area contributed by atoms with Gasteiger partial charge in [0.1, 0.15) is 6.61 Å². The molecule has 0 fully saturated rings. The van der Waals surface area contributed by atoms with Gasteiger partial charge in [0.2, 0.25) is 0 Å². The number of rotatable bonds is 9. The summed E-state index contributed by atoms with van der Waals surface area (Å²) in [5.74, 6) is 1.18. The summed E-state index contributed by atoms with van der Waals surface area (Å²) in [7, 11) is 0. The highest BCUT2D eigenvalue weighted by atomic mass is 35.5. The lowest BCUT2D eigenvalue weighted by molar-refractivity contribution is 0.269. The Morgan fingerprint density at radius 3 is 2.50 bits per heavy atom. The SMILES string of the molecule is CCOc1cc(CNCc2cccnc2)cc(Cl)c1OCc1cccc(Cl)c1. The minimum Gasteiger partial charge on any atom is -0.490 e. The van der Waals surface area contributed by atoms with Crippen molar-refractivity contribution in [2.45, 2.75) is 26.6 Å². The number of nitrogens with one attached hydrogen (secondary N) is 1. The van der Waals surface area contributed by atoms with Crippen LogP contribution in [0.15, 0.2) is 60.9 Å². The molecule has 28 heavy (non-hydrogen) atoms. The van der Waals surface area contributed by atoms with E-state index in [0.717, 1.165) is 23.2 Å². The fourth-order valence-corrected chi connectivity index (χ4v) is 3.26. The van der Waals surface area contributed by atoms with Crippen LogP contribution in [0, 0.1) is 0 Å². The first kappa shape index (κ1) is 20.5. The standard InChI is InChI=1S/C22H22Cl2N2O2/c1-2-27-21-11-18(14-26-13-17-6-4-8-25-12-17)10-20(24)22(21)28-15-16-5-3-7-19(23)9-16/h3-12,26H,2,13-15H2,1H3. The fourth-order valence-electron chi connectivity index (χ4n) is 2.76. The normalized spacial score (nSPS) is 10.7. The van der Waals surface area contributed by atoms with Crippen molar-refractivity contribution in [2.75, 3.05) is 6.61 Å². The van der Waals surface area contributed by atoms with Gasteiger partial charge in [0.25, 0.3) is 0 Å². The molecule has 0 aliphatic heterocycles. The van der Waals surface area contributed by atoms with E-state index in [4.69, 9.17) is 32.7 Å². The van der Waals surface area contributed by atoms with Crippen LogP contribution in [0.2, 0.25) is 10.0 Å². The molecule has 0 aliphatic carbocycles. The molecule has 1 N–H and O–H groups in total. The molecule has 3 aromatic rings. The lowest BCUT2D eigenvalue weighted by Gasteiger charge is -2.16. The Balaban J connectivity index is 1.68. The lowest BCUT2D eigenvalue weighted by atomic mass is 10.2. The van der Waals surface area contributed by atoms with Gasteiger partial charge in [-0.2, -0.15) is 0 Å². The van der Waals surface area contributed by atoms with E-state index in [9.17, 15) is 0 Å². The third-order valence-corrected chi connectivity index (χ3v) is 4.54. The number of benzene rings is 2. The highest BCUT2D eigenvalue weighted by Gasteiger charge is 2.13. The topological polar surface area (TPSA) is 43.4 Å². The van der Waals surface area contributed by atoms with Gasteiger partial charge in [-0.25, -0.2) is 0 Å². The molecule has 6 heteroatoms. The molecule has 4 nitrogen and oxygen atoms in total. The van der Waals surface area contributed by atoms with Gasteiger partial charge in [-0.3, -0.25) is 4.98 Å². The van der Waals surface area contributed by atoms with Gasteiger partial charge >= 0.3 is 0 Å². The Labute approximate surface area is 175 Å². The Bertz CT molecular complexity index is 904. The highest BCUT2D eigenvalue weighted by Crippen LogP contribution is 2.37. The molecule has 0 spiro atoms. The predicted molar refractivity (Wildman–Crippen MR) is 113 cm³/mol. The monoisotopic (exact) mass is 416 g/mol. The van der Waals surface area contributed by atoms with E-state index in [0.29, 0.717) is 41.3 Å². The number of halogens is 2. The van der Waals surface area contributed by atoms with Crippen molar-refractivity contribution in [3.05, 3.63) is 87.7 Å². The quantitative estimate of drug-likeness (QED) is 0.488. The van der Waals surface area contributed by atoms with Gasteiger partial charge < -0.3 is 14.8 Å². The Morgan fingerprint density at radius 2 is 1.75 bits per heavy atom. The second-order valence-electron chi connectivity index (χ2n) is 6.22. The molecule has 0 bridgehead atoms. The van der Waals surface area contributed by atoms with Crippen LogP contribution in [-0.2, 0) is 19.7 Å². The largest absolute Gasteiger partial charge is 0.490 e. The lowest BCUT2D eigenvalue weighted by Crippen LogP contribution is -2.13. The van der Waals surface area contributed by atoms with Crippen LogP contribution in [0.3, 0.4) is 0 Å². The van der Waals surface area contributed by atoms with E-state index < -0.39 is 0 Å². The van der Waals surface area contributed by atoms with Crippen LogP contribution in [-0.4, -0.2) is 11.6 Å². The third kappa shape index (κ3) is 5.86. The van der Waals surface area contributed by atoms with Crippen LogP contribution in [0.5, 0.6) is 11.5 Å². The number of nitrogens with zero attached hydrogens (tertiary/aromatic N) is 1. The van der Waals surface area contributed by atoms with Gasteiger partial charge in [0, 0.05) is 30.5 Å². The van der Waals surface area contributed by atoms with Crippen molar-refractivity contribution in [2.24, 2.45) is 0 Å². The van der Waals surface area contributed by atoms with Crippen LogP contribution >= 0.6 is 23.2 Å². The van der Waals surface area contributed by atoms with Crippen molar-refractivity contribution in [3.8, 4) is 11.5 Å². The first-order valence-corrected chi connectivity index (χ1v) is 9.83. The molecule has 1 aromatic heterocycles. The minimum absolute atomic E-state index is 0.360. The van der Waals surface area contributed by atoms with E-state index in [1.54, 1.807) is 6.20 Å². The van der Waals surface area contributed by atoms with Gasteiger partial charge in [-0.1, -0.05) is 41.4 Å². The Morgan fingerprint density at radius 1 is 0.929 bits per heavy atom. The maximum atomic E-state index is 6.49. The molecule has 2 aromatic carbocycles. The second-order valence-corrected chi connectivity index (χ2v) is 7.06. The molecule has 0 radical (unpaired) electrons. The van der Waals surface area contributed by atoms with Crippen LogP contribution in [0.25, 0.3) is 0 Å². The van der Waals surface area contributed by atoms with Gasteiger partial charge in [0.05, 0.1) is 11.6 Å². The van der Waals surface area contributed by atoms with E-state index >= 15 is 0 Å². The van der Waals surface area contributed by atoms with Crippen molar-refractivity contribution >= 4 is 23.2 Å². The number of aromatic nitrogens is 1. The molecule has 146 valence electrons. The summed E-state index contributed by atoms with van der Waals surface area (Å²) in [6.45, 7) is 4.20. The molecular formula is C22H22Cl2N2O2. The number of ether oxygens (including phenoxy) is 2. The predicted octanol–water partition coefficient (Wildman–Crippen LogP) is 5.66. The minimum atomic E-state index is 0.360. The van der Waals surface area contributed by atoms with Crippen LogP contribution < -0.4 is 14.8 Å². The van der Waals surface area contributed by atoms with Crippen molar-refractivity contribution < 1.29 is 9.47 Å². The average molecular weight is 417 g/mol. The first-order chi connectivity index (χ1) is 13.7. The summed E-state index contributed by atoms with van der Waals surface area (Å²) < 4.78 is 11.7. The molecule has 0 saturated carbocycles. The second kappa shape index (κ2) is 10.3. The Hall–Kier alpha value is -2.27. The Kier molecular flexibility index (Phi) is 7.54. The zero-order chi connectivity index (χ0) is 19.8. The summed E-state index contributed by atoms with van der Waals surface area (Å²) >= 11 is 12.5. The zero-order valence-electron chi connectivity index (χ0n) is 15.6. The smallest absolute Gasteiger partial charge is 0.180 e. The number of pyridine rings is 1. The summed E-state index contributed by atoms with van der Waals surface area (Å²) in [6, 6.07) is 15.4. The summed E-state index contributed by atoms with van der Waals surface area (Å²) in [5, 5.41) is 4.58. The molecule has 0 atom stereocenters. The van der Waals surface area contributed by atoms with Crippen LogP contribution in [0.4, 0.5) is 0 Å². The molecule has 0 aliphatic rings. The molecule has 0 unspecified atom stereocenters. The summed E-state index contributed by atoms with van der Waals surface area (Å²) in [4.78, 5) is 4.12. The van der Waals surface area contributed by atoms with Crippen molar-refractivity contribution in [1.29, 1.82) is 0 Å². The molecule has 3 rings (SSSR count). The highest BCUT2D eigenvalue weighted by molar-refractivity contribution is 6.32.